The van der Waals surface area contributed by atoms with Crippen LogP contribution in [0.4, 0.5) is 0 Å². The summed E-state index contributed by atoms with van der Waals surface area (Å²) in [7, 11) is 0. The number of aliphatic carboxylic acids is 1. The third-order valence-electron chi connectivity index (χ3n) is 6.82. The van der Waals surface area contributed by atoms with Gasteiger partial charge in [0.05, 0.1) is 12.4 Å². The quantitative estimate of drug-likeness (QED) is 0.0507. The number of imidazole rings is 1. The van der Waals surface area contributed by atoms with E-state index in [0.717, 1.165) is 0 Å². The summed E-state index contributed by atoms with van der Waals surface area (Å²) >= 11 is 0. The lowest BCUT2D eigenvalue weighted by Gasteiger charge is -2.25. The number of nitrogens with two attached hydrogens (primary N) is 3. The molecule has 0 aliphatic heterocycles. The molecule has 0 aliphatic rings. The Morgan fingerprint density at radius 2 is 1.44 bits per heavy atom. The topological polar surface area (TPSA) is 264 Å². The number of carbonyl (C=O) groups excluding carboxylic acids is 3. The lowest BCUT2D eigenvalue weighted by Crippen LogP contribution is -2.58. The largest absolute Gasteiger partial charge is 0.508 e. The first kappa shape index (κ1) is 34.1. The van der Waals surface area contributed by atoms with Crippen LogP contribution in [-0.2, 0) is 38.4 Å². The van der Waals surface area contributed by atoms with E-state index in [1.807, 2.05) is 0 Å². The number of rotatable bonds is 17. The number of hydrogen-bond acceptors (Lipinski definition) is 8. The Morgan fingerprint density at radius 1 is 0.822 bits per heavy atom. The van der Waals surface area contributed by atoms with E-state index in [1.165, 1.54) is 24.7 Å². The van der Waals surface area contributed by atoms with Gasteiger partial charge in [-0.15, -0.1) is 0 Å². The van der Waals surface area contributed by atoms with Crippen LogP contribution in [0.25, 0.3) is 0 Å². The summed E-state index contributed by atoms with van der Waals surface area (Å²) in [5.41, 5.74) is 18.8. The summed E-state index contributed by atoms with van der Waals surface area (Å²) < 4.78 is 0. The van der Waals surface area contributed by atoms with Crippen molar-refractivity contribution in [2.45, 2.75) is 56.3 Å². The lowest BCUT2D eigenvalue weighted by molar-refractivity contribution is -0.142. The Balaban J connectivity index is 1.77. The average molecular weight is 622 g/mol. The smallest absolute Gasteiger partial charge is 0.326 e. The van der Waals surface area contributed by atoms with E-state index in [-0.39, 0.29) is 43.9 Å². The Hall–Kier alpha value is -5.44. The van der Waals surface area contributed by atoms with Crippen molar-refractivity contribution >= 4 is 29.7 Å². The molecule has 3 rings (SSSR count). The molecule has 3 amide bonds. The van der Waals surface area contributed by atoms with Crippen LogP contribution in [0.5, 0.6) is 5.75 Å². The Bertz CT molecular complexity index is 1430. The molecule has 15 nitrogen and oxygen atoms in total. The molecule has 0 spiro atoms. The first-order valence-electron chi connectivity index (χ1n) is 14.3. The summed E-state index contributed by atoms with van der Waals surface area (Å²) in [5, 5.41) is 27.1. The Labute approximate surface area is 259 Å². The first-order valence-corrected chi connectivity index (χ1v) is 14.3. The third kappa shape index (κ3) is 11.6. The molecule has 1 heterocycles. The maximum atomic E-state index is 13.6. The van der Waals surface area contributed by atoms with Gasteiger partial charge in [-0.2, -0.15) is 0 Å². The first-order chi connectivity index (χ1) is 21.5. The second-order valence-electron chi connectivity index (χ2n) is 10.4. The van der Waals surface area contributed by atoms with Gasteiger partial charge in [0.15, 0.2) is 5.96 Å². The zero-order chi connectivity index (χ0) is 32.8. The molecule has 0 fully saturated rings. The monoisotopic (exact) mass is 621 g/mol. The number of aromatic nitrogens is 2. The maximum Gasteiger partial charge on any atom is 0.326 e. The van der Waals surface area contributed by atoms with Crippen molar-refractivity contribution in [3.63, 3.8) is 0 Å². The van der Waals surface area contributed by atoms with E-state index in [4.69, 9.17) is 17.2 Å². The molecule has 1 aromatic heterocycles. The molecular weight excluding hydrogens is 582 g/mol. The zero-order valence-corrected chi connectivity index (χ0v) is 24.6. The molecule has 2 aromatic carbocycles. The number of carboxylic acid groups (broad SMARTS) is 1. The highest BCUT2D eigenvalue weighted by atomic mass is 16.4. The van der Waals surface area contributed by atoms with Gasteiger partial charge in [-0.1, -0.05) is 42.5 Å². The minimum atomic E-state index is -1.30. The molecular formula is C30H39N9O6. The highest BCUT2D eigenvalue weighted by Gasteiger charge is 2.31. The van der Waals surface area contributed by atoms with Crippen molar-refractivity contribution in [3.8, 4) is 5.75 Å². The molecule has 0 unspecified atom stereocenters. The van der Waals surface area contributed by atoms with E-state index in [0.29, 0.717) is 23.2 Å². The Morgan fingerprint density at radius 3 is 2.07 bits per heavy atom. The molecule has 0 bridgehead atoms. The minimum Gasteiger partial charge on any atom is -0.508 e. The second-order valence-corrected chi connectivity index (χ2v) is 10.4. The van der Waals surface area contributed by atoms with Gasteiger partial charge >= 0.3 is 5.97 Å². The van der Waals surface area contributed by atoms with Crippen molar-refractivity contribution in [2.24, 2.45) is 22.2 Å². The predicted octanol–water partition coefficient (Wildman–Crippen LogP) is -0.937. The van der Waals surface area contributed by atoms with Crippen molar-refractivity contribution in [1.29, 1.82) is 0 Å². The molecule has 0 radical (unpaired) electrons. The minimum absolute atomic E-state index is 0.0455. The third-order valence-corrected chi connectivity index (χ3v) is 6.82. The van der Waals surface area contributed by atoms with Crippen LogP contribution in [0.3, 0.4) is 0 Å². The number of phenolic OH excluding ortho intramolecular Hbond substituents is 1. The van der Waals surface area contributed by atoms with Gasteiger partial charge < -0.3 is 48.3 Å². The van der Waals surface area contributed by atoms with Crippen molar-refractivity contribution in [3.05, 3.63) is 83.9 Å². The molecule has 12 N–H and O–H groups in total. The summed E-state index contributed by atoms with van der Waals surface area (Å²) in [5.74, 6) is -3.34. The molecule has 3 aromatic rings. The lowest BCUT2D eigenvalue weighted by atomic mass is 10.0. The zero-order valence-electron chi connectivity index (χ0n) is 24.6. The predicted molar refractivity (Wildman–Crippen MR) is 166 cm³/mol. The fourth-order valence-corrected chi connectivity index (χ4v) is 4.45. The van der Waals surface area contributed by atoms with Gasteiger partial charge in [0.1, 0.15) is 23.9 Å². The number of aliphatic imine (C=N–C) groups is 1. The number of guanidine groups is 1. The number of carboxylic acids is 1. The number of amides is 3. The van der Waals surface area contributed by atoms with Gasteiger partial charge in [0.2, 0.25) is 17.7 Å². The van der Waals surface area contributed by atoms with E-state index in [2.05, 4.69) is 30.9 Å². The van der Waals surface area contributed by atoms with Crippen LogP contribution in [-0.4, -0.2) is 80.5 Å². The standard InChI is InChI=1S/C30H39N9O6/c31-22(13-19-8-10-21(40)11-9-19)26(41)37-23(7-4-12-35-30(32)33)27(42)38-24(14-18-5-2-1-3-6-18)28(43)39-25(29(44)45)15-20-16-34-17-36-20/h1-3,5-6,8-11,16-17,22-25,40H,4,7,12-15,31H2,(H,34,36)(H,37,41)(H,38,42)(H,39,43)(H,44,45)(H4,32,33,35)/t22-,23+,24-,25-/m0/s1. The van der Waals surface area contributed by atoms with Crippen molar-refractivity contribution in [2.75, 3.05) is 6.54 Å². The molecule has 45 heavy (non-hydrogen) atoms. The van der Waals surface area contributed by atoms with Gasteiger partial charge in [-0.3, -0.25) is 19.4 Å². The number of aromatic amines is 1. The van der Waals surface area contributed by atoms with Crippen LogP contribution in [0.1, 0.15) is 29.7 Å². The fourth-order valence-electron chi connectivity index (χ4n) is 4.45. The summed E-state index contributed by atoms with van der Waals surface area (Å²) in [6.45, 7) is 0.184. The summed E-state index contributed by atoms with van der Waals surface area (Å²) in [6.07, 6.45) is 3.39. The molecule has 4 atom stereocenters. The normalized spacial score (nSPS) is 13.4. The number of hydrogen-bond donors (Lipinski definition) is 9. The van der Waals surface area contributed by atoms with Gasteiger partial charge in [-0.25, -0.2) is 9.78 Å². The highest BCUT2D eigenvalue weighted by molar-refractivity contribution is 5.94. The number of benzene rings is 2. The van der Waals surface area contributed by atoms with E-state index < -0.39 is 47.9 Å². The summed E-state index contributed by atoms with van der Waals surface area (Å²) in [4.78, 5) is 62.7. The molecule has 0 saturated heterocycles. The van der Waals surface area contributed by atoms with Crippen LogP contribution in [0.15, 0.2) is 72.1 Å². The van der Waals surface area contributed by atoms with Crippen molar-refractivity contribution < 1.29 is 29.4 Å². The van der Waals surface area contributed by atoms with E-state index in [1.54, 1.807) is 42.5 Å². The number of nitrogens with zero attached hydrogens (tertiary/aromatic N) is 2. The Kier molecular flexibility index (Phi) is 12.9. The summed E-state index contributed by atoms with van der Waals surface area (Å²) in [6, 6.07) is 10.4. The highest BCUT2D eigenvalue weighted by Crippen LogP contribution is 2.12. The van der Waals surface area contributed by atoms with Gasteiger partial charge in [0.25, 0.3) is 0 Å². The SMILES string of the molecule is NC(N)=NCCC[C@@H](NC(=O)[C@@H](N)Cc1ccc(O)cc1)C(=O)N[C@@H](Cc1ccccc1)C(=O)N[C@@H](Cc1cnc[nH]1)C(=O)O. The number of H-pyrrole nitrogens is 1. The molecule has 0 saturated carbocycles. The van der Waals surface area contributed by atoms with E-state index >= 15 is 0 Å². The van der Waals surface area contributed by atoms with Crippen LogP contribution < -0.4 is 33.2 Å². The van der Waals surface area contributed by atoms with Crippen LogP contribution >= 0.6 is 0 Å². The second kappa shape index (κ2) is 17.0. The fraction of sp³-hybridized carbons (Fsp3) is 0.333. The van der Waals surface area contributed by atoms with E-state index in [9.17, 15) is 29.4 Å². The van der Waals surface area contributed by atoms with Crippen LogP contribution in [0.2, 0.25) is 0 Å². The molecule has 15 heteroatoms. The average Bonchev–Trinajstić information content (AvgIpc) is 3.52. The molecule has 0 aliphatic carbocycles. The van der Waals surface area contributed by atoms with Gasteiger partial charge in [0, 0.05) is 31.3 Å². The number of phenols is 1. The number of nitrogens with one attached hydrogen (secondary N) is 4. The number of aromatic hydroxyl groups is 1. The van der Waals surface area contributed by atoms with Crippen LogP contribution in [0, 0.1) is 0 Å². The maximum absolute atomic E-state index is 13.6. The number of carbonyl (C=O) groups is 4. The molecule has 240 valence electrons. The van der Waals surface area contributed by atoms with Crippen molar-refractivity contribution in [1.82, 2.24) is 25.9 Å². The van der Waals surface area contributed by atoms with Gasteiger partial charge in [-0.05, 0) is 42.5 Å².